The van der Waals surface area contributed by atoms with E-state index in [1.165, 1.54) is 0 Å². The highest BCUT2D eigenvalue weighted by atomic mass is 35.5. The predicted molar refractivity (Wildman–Crippen MR) is 131 cm³/mol. The molecule has 1 aromatic heterocycles. The number of halogens is 1. The van der Waals surface area contributed by atoms with Crippen molar-refractivity contribution in [2.75, 3.05) is 11.9 Å². The normalized spacial score (nSPS) is 11.9. The SMILES string of the molecule is Cc1oc(-c2cccc(Cl)c2)cc1C(CC(C)C)Nc1ccc(C(=O)NCCC(=O)O)cc1. The first-order valence-electron chi connectivity index (χ1n) is 11.0. The van der Waals surface area contributed by atoms with Gasteiger partial charge in [-0.2, -0.15) is 0 Å². The summed E-state index contributed by atoms with van der Waals surface area (Å²) in [6.07, 6.45) is 0.788. The van der Waals surface area contributed by atoms with Crippen LogP contribution in [0.5, 0.6) is 0 Å². The van der Waals surface area contributed by atoms with Crippen LogP contribution in [-0.4, -0.2) is 23.5 Å². The molecule has 0 aliphatic rings. The van der Waals surface area contributed by atoms with Crippen molar-refractivity contribution < 1.29 is 19.1 Å². The molecule has 1 unspecified atom stereocenters. The number of aryl methyl sites for hydroxylation is 1. The van der Waals surface area contributed by atoms with Gasteiger partial charge in [0.15, 0.2) is 0 Å². The Morgan fingerprint density at radius 3 is 2.45 bits per heavy atom. The fourth-order valence-electron chi connectivity index (χ4n) is 3.67. The number of carbonyl (C=O) groups is 2. The van der Waals surface area contributed by atoms with E-state index in [1.54, 1.807) is 12.1 Å². The van der Waals surface area contributed by atoms with Crippen LogP contribution in [0.3, 0.4) is 0 Å². The molecule has 0 aliphatic carbocycles. The van der Waals surface area contributed by atoms with E-state index >= 15 is 0 Å². The number of carboxylic acids is 1. The third kappa shape index (κ3) is 6.86. The summed E-state index contributed by atoms with van der Waals surface area (Å²) in [7, 11) is 0. The Kier molecular flexibility index (Phi) is 8.17. The van der Waals surface area contributed by atoms with Crippen molar-refractivity contribution in [2.24, 2.45) is 5.92 Å². The first-order chi connectivity index (χ1) is 15.7. The van der Waals surface area contributed by atoms with Crippen LogP contribution < -0.4 is 10.6 Å². The molecule has 7 heteroatoms. The maximum Gasteiger partial charge on any atom is 0.305 e. The average Bonchev–Trinajstić information content (AvgIpc) is 3.15. The first-order valence-corrected chi connectivity index (χ1v) is 11.3. The van der Waals surface area contributed by atoms with Gasteiger partial charge in [-0.05, 0) is 61.7 Å². The Hall–Kier alpha value is -3.25. The molecule has 33 heavy (non-hydrogen) atoms. The Morgan fingerprint density at radius 1 is 1.09 bits per heavy atom. The van der Waals surface area contributed by atoms with E-state index in [4.69, 9.17) is 21.1 Å². The van der Waals surface area contributed by atoms with Gasteiger partial charge >= 0.3 is 5.97 Å². The van der Waals surface area contributed by atoms with Crippen LogP contribution in [0.1, 0.15) is 54.4 Å². The lowest BCUT2D eigenvalue weighted by Gasteiger charge is -2.21. The largest absolute Gasteiger partial charge is 0.481 e. The van der Waals surface area contributed by atoms with Crippen molar-refractivity contribution in [2.45, 2.75) is 39.7 Å². The Labute approximate surface area is 199 Å². The summed E-state index contributed by atoms with van der Waals surface area (Å²) in [5.74, 6) is 0.828. The summed E-state index contributed by atoms with van der Waals surface area (Å²) < 4.78 is 6.07. The molecule has 0 radical (unpaired) electrons. The second-order valence-corrected chi connectivity index (χ2v) is 8.87. The van der Waals surface area contributed by atoms with Crippen LogP contribution in [0.15, 0.2) is 59.0 Å². The maximum atomic E-state index is 12.2. The van der Waals surface area contributed by atoms with Crippen molar-refractivity contribution in [3.05, 3.63) is 76.5 Å². The van der Waals surface area contributed by atoms with E-state index in [9.17, 15) is 9.59 Å². The minimum Gasteiger partial charge on any atom is -0.481 e. The molecule has 174 valence electrons. The van der Waals surface area contributed by atoms with Gasteiger partial charge in [-0.3, -0.25) is 9.59 Å². The van der Waals surface area contributed by atoms with E-state index in [0.29, 0.717) is 16.5 Å². The molecule has 0 bridgehead atoms. The quantitative estimate of drug-likeness (QED) is 0.324. The molecule has 0 fully saturated rings. The molecule has 3 aromatic rings. The third-order valence-electron chi connectivity index (χ3n) is 5.26. The summed E-state index contributed by atoms with van der Waals surface area (Å²) in [4.78, 5) is 22.8. The smallest absolute Gasteiger partial charge is 0.305 e. The van der Waals surface area contributed by atoms with Gasteiger partial charge in [0.2, 0.25) is 0 Å². The molecule has 1 heterocycles. The third-order valence-corrected chi connectivity index (χ3v) is 5.50. The van der Waals surface area contributed by atoms with Crippen LogP contribution in [0.2, 0.25) is 5.02 Å². The van der Waals surface area contributed by atoms with Crippen LogP contribution >= 0.6 is 11.6 Å². The van der Waals surface area contributed by atoms with Crippen molar-refractivity contribution >= 4 is 29.2 Å². The van der Waals surface area contributed by atoms with E-state index in [-0.39, 0.29) is 24.9 Å². The molecule has 0 saturated heterocycles. The van der Waals surface area contributed by atoms with E-state index in [1.807, 2.05) is 43.3 Å². The van der Waals surface area contributed by atoms with Gasteiger partial charge in [0.05, 0.1) is 12.5 Å². The van der Waals surface area contributed by atoms with E-state index in [0.717, 1.165) is 34.8 Å². The number of benzene rings is 2. The molecule has 1 atom stereocenters. The molecule has 0 aliphatic heterocycles. The Balaban J connectivity index is 1.76. The summed E-state index contributed by atoms with van der Waals surface area (Å²) in [6, 6.07) is 16.8. The predicted octanol–water partition coefficient (Wildman–Crippen LogP) is 6.31. The molecular weight excluding hydrogens is 440 g/mol. The number of nitrogens with one attached hydrogen (secondary N) is 2. The van der Waals surface area contributed by atoms with Crippen LogP contribution in [0, 0.1) is 12.8 Å². The molecule has 3 N–H and O–H groups in total. The lowest BCUT2D eigenvalue weighted by molar-refractivity contribution is -0.136. The van der Waals surface area contributed by atoms with Gasteiger partial charge < -0.3 is 20.2 Å². The minimum absolute atomic E-state index is 0.0249. The number of carboxylic acid groups (broad SMARTS) is 1. The van der Waals surface area contributed by atoms with Gasteiger partial charge in [-0.1, -0.05) is 37.6 Å². The summed E-state index contributed by atoms with van der Waals surface area (Å²) in [5.41, 5.74) is 3.37. The molecule has 3 rings (SSSR count). The summed E-state index contributed by atoms with van der Waals surface area (Å²) >= 11 is 6.15. The minimum atomic E-state index is -0.945. The zero-order valence-electron chi connectivity index (χ0n) is 19.0. The van der Waals surface area contributed by atoms with Gasteiger partial charge in [0.1, 0.15) is 11.5 Å². The van der Waals surface area contributed by atoms with Crippen molar-refractivity contribution in [3.63, 3.8) is 0 Å². The van der Waals surface area contributed by atoms with Crippen LogP contribution in [0.25, 0.3) is 11.3 Å². The monoisotopic (exact) mass is 468 g/mol. The van der Waals surface area contributed by atoms with Crippen LogP contribution in [-0.2, 0) is 4.79 Å². The molecule has 2 aromatic carbocycles. The standard InChI is InChI=1S/C26H29ClN2O4/c1-16(2)13-23(22-15-24(33-17(22)3)19-5-4-6-20(27)14-19)29-21-9-7-18(8-10-21)26(32)28-12-11-25(30)31/h4-10,14-16,23,29H,11-13H2,1-3H3,(H,28,32)(H,30,31). The number of hydrogen-bond donors (Lipinski definition) is 3. The highest BCUT2D eigenvalue weighted by molar-refractivity contribution is 6.30. The van der Waals surface area contributed by atoms with Gasteiger partial charge in [-0.25, -0.2) is 0 Å². The second-order valence-electron chi connectivity index (χ2n) is 8.44. The van der Waals surface area contributed by atoms with E-state index in [2.05, 4.69) is 30.5 Å². The highest BCUT2D eigenvalue weighted by Gasteiger charge is 2.20. The number of anilines is 1. The molecule has 0 saturated carbocycles. The van der Waals surface area contributed by atoms with Crippen molar-refractivity contribution in [1.29, 1.82) is 0 Å². The van der Waals surface area contributed by atoms with E-state index < -0.39 is 5.97 Å². The zero-order chi connectivity index (χ0) is 24.0. The molecular formula is C26H29ClN2O4. The number of aliphatic carboxylic acids is 1. The number of amides is 1. The maximum absolute atomic E-state index is 12.2. The van der Waals surface area contributed by atoms with Crippen LogP contribution in [0.4, 0.5) is 5.69 Å². The molecule has 6 nitrogen and oxygen atoms in total. The Bertz CT molecular complexity index is 1110. The number of furan rings is 1. The number of rotatable bonds is 10. The second kappa shape index (κ2) is 11.1. The van der Waals surface area contributed by atoms with Gasteiger partial charge in [0.25, 0.3) is 5.91 Å². The van der Waals surface area contributed by atoms with Crippen molar-refractivity contribution in [3.8, 4) is 11.3 Å². The zero-order valence-corrected chi connectivity index (χ0v) is 19.8. The lowest BCUT2D eigenvalue weighted by atomic mass is 9.96. The number of hydrogen-bond acceptors (Lipinski definition) is 4. The highest BCUT2D eigenvalue weighted by Crippen LogP contribution is 2.34. The average molecular weight is 469 g/mol. The van der Waals surface area contributed by atoms with Gasteiger partial charge in [-0.15, -0.1) is 0 Å². The first kappa shape index (κ1) is 24.4. The number of carbonyl (C=O) groups excluding carboxylic acids is 1. The lowest BCUT2D eigenvalue weighted by Crippen LogP contribution is -2.25. The van der Waals surface area contributed by atoms with Gasteiger partial charge in [0, 0.05) is 33.9 Å². The Morgan fingerprint density at radius 2 is 1.82 bits per heavy atom. The molecule has 1 amide bonds. The van der Waals surface area contributed by atoms with Crippen molar-refractivity contribution in [1.82, 2.24) is 5.32 Å². The molecule has 0 spiro atoms. The topological polar surface area (TPSA) is 91.6 Å². The summed E-state index contributed by atoms with van der Waals surface area (Å²) in [6.45, 7) is 6.40. The fraction of sp³-hybridized carbons (Fsp3) is 0.308. The fourth-order valence-corrected chi connectivity index (χ4v) is 3.86. The summed E-state index contributed by atoms with van der Waals surface area (Å²) in [5, 5.41) is 15.5.